The maximum Gasteiger partial charge on any atom is 0.214 e. The Morgan fingerprint density at radius 2 is 2.09 bits per heavy atom. The molecule has 3 rings (SSSR count). The van der Waals surface area contributed by atoms with Crippen molar-refractivity contribution in [1.82, 2.24) is 15.6 Å². The molecule has 0 radical (unpaired) electrons. The van der Waals surface area contributed by atoms with E-state index in [1.807, 2.05) is 13.8 Å². The van der Waals surface area contributed by atoms with Crippen LogP contribution in [0.5, 0.6) is 0 Å². The van der Waals surface area contributed by atoms with Crippen LogP contribution in [0.2, 0.25) is 0 Å². The van der Waals surface area contributed by atoms with Crippen LogP contribution in [0.4, 0.5) is 0 Å². The molecule has 1 aromatic heterocycles. The zero-order valence-corrected chi connectivity index (χ0v) is 13.3. The molecule has 0 amide bonds. The molecular weight excluding hydrogens is 276 g/mol. The van der Waals surface area contributed by atoms with Crippen molar-refractivity contribution in [3.8, 4) is 0 Å². The summed E-state index contributed by atoms with van der Waals surface area (Å²) >= 11 is 0. The van der Waals surface area contributed by atoms with Gasteiger partial charge in [0.15, 0.2) is 5.96 Å². The van der Waals surface area contributed by atoms with Gasteiger partial charge in [-0.25, -0.2) is 4.98 Å². The Kier molecular flexibility index (Phi) is 4.13. The first-order valence-electron chi connectivity index (χ1n) is 7.62. The lowest BCUT2D eigenvalue weighted by Gasteiger charge is -2.10. The number of benzene rings is 1. The van der Waals surface area contributed by atoms with Crippen LogP contribution in [0.25, 0.3) is 0 Å². The first-order valence-corrected chi connectivity index (χ1v) is 7.62. The second-order valence-electron chi connectivity index (χ2n) is 5.68. The average molecular weight is 298 g/mol. The molecule has 1 aliphatic carbocycles. The minimum Gasteiger partial charge on any atom is -0.444 e. The molecule has 1 aromatic carbocycles. The molecule has 1 fully saturated rings. The van der Waals surface area contributed by atoms with E-state index in [9.17, 15) is 0 Å². The third kappa shape index (κ3) is 3.30. The van der Waals surface area contributed by atoms with Crippen LogP contribution < -0.4 is 10.6 Å². The molecule has 116 valence electrons. The van der Waals surface area contributed by atoms with Crippen LogP contribution in [0.1, 0.15) is 35.2 Å². The van der Waals surface area contributed by atoms with E-state index in [-0.39, 0.29) is 0 Å². The maximum absolute atomic E-state index is 5.56. The first-order chi connectivity index (χ1) is 10.7. The number of nitrogens with one attached hydrogen (secondary N) is 2. The van der Waals surface area contributed by atoms with Gasteiger partial charge in [0.25, 0.3) is 0 Å². The highest BCUT2D eigenvalue weighted by Crippen LogP contribution is 2.40. The molecule has 2 atom stereocenters. The number of hydrogen-bond acceptors (Lipinski definition) is 3. The number of guanidine groups is 1. The number of nitrogens with zero attached hydrogens (tertiary/aromatic N) is 2. The number of rotatable bonds is 4. The Morgan fingerprint density at radius 3 is 2.73 bits per heavy atom. The average Bonchev–Trinajstić information content (AvgIpc) is 3.23. The van der Waals surface area contributed by atoms with Gasteiger partial charge in [0.2, 0.25) is 5.89 Å². The van der Waals surface area contributed by atoms with E-state index in [1.165, 1.54) is 5.56 Å². The maximum atomic E-state index is 5.56. The monoisotopic (exact) mass is 298 g/mol. The molecule has 0 aliphatic heterocycles. The van der Waals surface area contributed by atoms with Crippen LogP contribution in [0.3, 0.4) is 0 Å². The topological polar surface area (TPSA) is 62.5 Å². The van der Waals surface area contributed by atoms with Crippen molar-refractivity contribution in [2.24, 2.45) is 4.99 Å². The van der Waals surface area contributed by atoms with E-state index in [0.29, 0.717) is 24.4 Å². The lowest BCUT2D eigenvalue weighted by molar-refractivity contribution is 0.463. The Balaban J connectivity index is 1.51. The Morgan fingerprint density at radius 1 is 1.32 bits per heavy atom. The number of hydrogen-bond donors (Lipinski definition) is 2. The largest absolute Gasteiger partial charge is 0.444 e. The van der Waals surface area contributed by atoms with Crippen molar-refractivity contribution in [2.45, 2.75) is 38.8 Å². The van der Waals surface area contributed by atoms with Crippen LogP contribution >= 0.6 is 0 Å². The quantitative estimate of drug-likeness (QED) is 0.672. The summed E-state index contributed by atoms with van der Waals surface area (Å²) in [6.45, 7) is 4.41. The number of oxazole rings is 1. The Bertz CT molecular complexity index is 643. The minimum absolute atomic E-state index is 0.446. The zero-order chi connectivity index (χ0) is 15.5. The summed E-state index contributed by atoms with van der Waals surface area (Å²) < 4.78 is 5.56. The first kappa shape index (κ1) is 14.6. The lowest BCUT2D eigenvalue weighted by Crippen LogP contribution is -2.38. The fraction of sp³-hybridized carbons (Fsp3) is 0.412. The molecule has 0 saturated heterocycles. The van der Waals surface area contributed by atoms with Crippen LogP contribution in [0, 0.1) is 13.8 Å². The summed E-state index contributed by atoms with van der Waals surface area (Å²) in [7, 11) is 1.78. The van der Waals surface area contributed by atoms with Crippen molar-refractivity contribution < 1.29 is 4.42 Å². The summed E-state index contributed by atoms with van der Waals surface area (Å²) in [6.07, 6.45) is 1.14. The smallest absolute Gasteiger partial charge is 0.214 e. The van der Waals surface area contributed by atoms with Gasteiger partial charge in [-0.2, -0.15) is 0 Å². The second-order valence-corrected chi connectivity index (χ2v) is 5.68. The van der Waals surface area contributed by atoms with E-state index in [1.54, 1.807) is 7.05 Å². The zero-order valence-electron chi connectivity index (χ0n) is 13.3. The fourth-order valence-corrected chi connectivity index (χ4v) is 2.57. The molecule has 1 heterocycles. The highest BCUT2D eigenvalue weighted by atomic mass is 16.4. The molecule has 2 aromatic rings. The summed E-state index contributed by atoms with van der Waals surface area (Å²) in [5, 5.41) is 6.70. The van der Waals surface area contributed by atoms with Crippen molar-refractivity contribution in [3.05, 3.63) is 53.2 Å². The highest BCUT2D eigenvalue weighted by molar-refractivity contribution is 5.80. The predicted octanol–water partition coefficient (Wildman–Crippen LogP) is 2.51. The summed E-state index contributed by atoms with van der Waals surface area (Å²) in [5.41, 5.74) is 2.32. The molecule has 2 N–H and O–H groups in total. The summed E-state index contributed by atoms with van der Waals surface area (Å²) in [5.74, 6) is 2.92. The molecular formula is C17H22N4O. The molecule has 5 nitrogen and oxygen atoms in total. The van der Waals surface area contributed by atoms with Crippen molar-refractivity contribution in [1.29, 1.82) is 0 Å². The minimum atomic E-state index is 0.446. The molecule has 22 heavy (non-hydrogen) atoms. The van der Waals surface area contributed by atoms with E-state index in [4.69, 9.17) is 4.42 Å². The normalized spacial score (nSPS) is 20.8. The van der Waals surface area contributed by atoms with Gasteiger partial charge < -0.3 is 15.1 Å². The standard InChI is InChI=1S/C17H22N4O/c1-11-12(2)22-16(20-11)10-19-17(18-3)21-15-9-14(15)13-7-5-4-6-8-13/h4-8,14-15H,9-10H2,1-3H3,(H2,18,19,21). The van der Waals surface area contributed by atoms with Crippen LogP contribution in [-0.2, 0) is 6.54 Å². The summed E-state index contributed by atoms with van der Waals surface area (Å²) in [6, 6.07) is 11.0. The van der Waals surface area contributed by atoms with E-state index >= 15 is 0 Å². The van der Waals surface area contributed by atoms with E-state index in [0.717, 1.165) is 23.8 Å². The van der Waals surface area contributed by atoms with E-state index < -0.39 is 0 Å². The van der Waals surface area contributed by atoms with Crippen LogP contribution in [-0.4, -0.2) is 24.0 Å². The number of aliphatic imine (C=N–C) groups is 1. The summed E-state index contributed by atoms with van der Waals surface area (Å²) in [4.78, 5) is 8.63. The SMILES string of the molecule is CN=C(NCc1nc(C)c(C)o1)NC1CC1c1ccccc1. The number of aromatic nitrogens is 1. The third-order valence-electron chi connectivity index (χ3n) is 4.04. The van der Waals surface area contributed by atoms with Gasteiger partial charge in [-0.1, -0.05) is 30.3 Å². The van der Waals surface area contributed by atoms with Crippen LogP contribution in [0.15, 0.2) is 39.7 Å². The van der Waals surface area contributed by atoms with Gasteiger partial charge in [0.05, 0.1) is 12.2 Å². The van der Waals surface area contributed by atoms with Gasteiger partial charge in [-0.05, 0) is 25.8 Å². The van der Waals surface area contributed by atoms with Gasteiger partial charge in [-0.15, -0.1) is 0 Å². The Labute approximate surface area is 130 Å². The lowest BCUT2D eigenvalue weighted by atomic mass is 10.1. The molecule has 1 saturated carbocycles. The Hall–Kier alpha value is -2.30. The fourth-order valence-electron chi connectivity index (χ4n) is 2.57. The molecule has 0 spiro atoms. The molecule has 2 unspecified atom stereocenters. The predicted molar refractivity (Wildman–Crippen MR) is 86.9 cm³/mol. The van der Waals surface area contributed by atoms with Crippen molar-refractivity contribution in [3.63, 3.8) is 0 Å². The van der Waals surface area contributed by atoms with Crippen molar-refractivity contribution in [2.75, 3.05) is 7.05 Å². The van der Waals surface area contributed by atoms with Gasteiger partial charge >= 0.3 is 0 Å². The highest BCUT2D eigenvalue weighted by Gasteiger charge is 2.38. The second kappa shape index (κ2) is 6.22. The molecule has 5 heteroatoms. The van der Waals surface area contributed by atoms with Gasteiger partial charge in [-0.3, -0.25) is 4.99 Å². The van der Waals surface area contributed by atoms with E-state index in [2.05, 4.69) is 50.9 Å². The molecule has 0 bridgehead atoms. The molecule has 1 aliphatic rings. The number of aryl methyl sites for hydroxylation is 2. The van der Waals surface area contributed by atoms with Gasteiger partial charge in [0.1, 0.15) is 5.76 Å². The third-order valence-corrected chi connectivity index (χ3v) is 4.04. The van der Waals surface area contributed by atoms with Crippen molar-refractivity contribution >= 4 is 5.96 Å². The van der Waals surface area contributed by atoms with Gasteiger partial charge in [0, 0.05) is 19.0 Å².